The average Bonchev–Trinajstić information content (AvgIpc) is 2.62. The number of anilines is 1. The van der Waals surface area contributed by atoms with E-state index in [1.165, 1.54) is 7.11 Å². The Labute approximate surface area is 149 Å². The van der Waals surface area contributed by atoms with Gasteiger partial charge in [-0.2, -0.15) is 0 Å². The van der Waals surface area contributed by atoms with Gasteiger partial charge in [-0.1, -0.05) is 20.3 Å². The Morgan fingerprint density at radius 2 is 1.92 bits per heavy atom. The number of hydrogen-bond donors (Lipinski definition) is 1. The van der Waals surface area contributed by atoms with Gasteiger partial charge in [0.1, 0.15) is 16.9 Å². The van der Waals surface area contributed by atoms with Gasteiger partial charge >= 0.3 is 5.97 Å². The van der Waals surface area contributed by atoms with Crippen molar-refractivity contribution in [1.82, 2.24) is 0 Å². The number of carbonyl (C=O) groups is 2. The van der Waals surface area contributed by atoms with Crippen molar-refractivity contribution in [2.45, 2.75) is 52.6 Å². The summed E-state index contributed by atoms with van der Waals surface area (Å²) in [5.74, 6) is -0.294. The minimum absolute atomic E-state index is 0.265. The van der Waals surface area contributed by atoms with Crippen LogP contribution in [-0.2, 0) is 14.3 Å². The molecule has 140 valence electrons. The molecule has 0 heterocycles. The van der Waals surface area contributed by atoms with Crippen molar-refractivity contribution in [3.8, 4) is 5.75 Å². The third kappa shape index (κ3) is 5.74. The summed E-state index contributed by atoms with van der Waals surface area (Å²) in [6.45, 7) is 8.18. The zero-order chi connectivity index (χ0) is 18.9. The van der Waals surface area contributed by atoms with E-state index in [-0.39, 0.29) is 12.5 Å². The monoisotopic (exact) mass is 351 g/mol. The molecule has 0 radical (unpaired) electrons. The van der Waals surface area contributed by atoms with Gasteiger partial charge in [0.05, 0.1) is 13.2 Å². The van der Waals surface area contributed by atoms with Crippen molar-refractivity contribution >= 4 is 17.6 Å². The summed E-state index contributed by atoms with van der Waals surface area (Å²) in [4.78, 5) is 24.6. The Bertz CT molecular complexity index is 581. The molecule has 0 aliphatic rings. The van der Waals surface area contributed by atoms with Crippen molar-refractivity contribution < 1.29 is 23.8 Å². The summed E-state index contributed by atoms with van der Waals surface area (Å²) in [6.07, 6.45) is 2.41. The first kappa shape index (κ1) is 21.0. The zero-order valence-electron chi connectivity index (χ0n) is 15.8. The maximum atomic E-state index is 12.4. The number of nitrogens with one attached hydrogen (secondary N) is 1. The summed E-state index contributed by atoms with van der Waals surface area (Å²) in [6, 6.07) is 4.95. The second-order valence-corrected chi connectivity index (χ2v) is 5.88. The van der Waals surface area contributed by atoms with E-state index >= 15 is 0 Å². The average molecular weight is 351 g/mol. The number of methoxy groups -OCH3 is 1. The molecule has 6 nitrogen and oxygen atoms in total. The van der Waals surface area contributed by atoms with E-state index in [2.05, 4.69) is 12.2 Å². The van der Waals surface area contributed by atoms with E-state index in [1.807, 2.05) is 6.92 Å². The number of ether oxygens (including phenoxy) is 3. The molecule has 0 aromatic heterocycles. The van der Waals surface area contributed by atoms with Gasteiger partial charge in [0, 0.05) is 12.8 Å². The van der Waals surface area contributed by atoms with E-state index in [4.69, 9.17) is 14.2 Å². The summed E-state index contributed by atoms with van der Waals surface area (Å²) >= 11 is 0. The van der Waals surface area contributed by atoms with E-state index < -0.39 is 11.6 Å². The van der Waals surface area contributed by atoms with Gasteiger partial charge in [-0.15, -0.1) is 0 Å². The Hall–Kier alpha value is -2.08. The van der Waals surface area contributed by atoms with Crippen LogP contribution < -0.4 is 10.1 Å². The molecule has 0 aliphatic carbocycles. The molecule has 0 aliphatic heterocycles. The number of rotatable bonds is 10. The standard InChI is InChI=1S/C19H29NO5/c1-6-9-12-25-16-11-10-14(13-15(16)17(21)24-8-3)20-18(22)19(4,7-2)23-5/h10-11,13H,6-9,12H2,1-5H3,(H,20,22). The van der Waals surface area contributed by atoms with Gasteiger partial charge in [-0.3, -0.25) is 4.79 Å². The Morgan fingerprint density at radius 1 is 1.20 bits per heavy atom. The van der Waals surface area contributed by atoms with Crippen molar-refractivity contribution in [3.63, 3.8) is 0 Å². The molecule has 1 amide bonds. The highest BCUT2D eigenvalue weighted by atomic mass is 16.5. The first-order valence-corrected chi connectivity index (χ1v) is 8.72. The van der Waals surface area contributed by atoms with Gasteiger partial charge in [0.2, 0.25) is 0 Å². The molecule has 1 unspecified atom stereocenters. The fourth-order valence-electron chi connectivity index (χ4n) is 2.09. The Balaban J connectivity index is 3.04. The number of hydrogen-bond acceptors (Lipinski definition) is 5. The molecule has 0 saturated carbocycles. The lowest BCUT2D eigenvalue weighted by Gasteiger charge is -2.25. The fourth-order valence-corrected chi connectivity index (χ4v) is 2.09. The van der Waals surface area contributed by atoms with E-state index in [1.54, 1.807) is 32.0 Å². The SMILES string of the molecule is CCCCOc1ccc(NC(=O)C(C)(CC)OC)cc1C(=O)OCC. The lowest BCUT2D eigenvalue weighted by Crippen LogP contribution is -2.41. The number of benzene rings is 1. The van der Waals surface area contributed by atoms with Gasteiger partial charge in [0.25, 0.3) is 5.91 Å². The molecule has 0 bridgehead atoms. The second kappa shape index (κ2) is 10.0. The van der Waals surface area contributed by atoms with Crippen LogP contribution in [0.3, 0.4) is 0 Å². The quantitative estimate of drug-likeness (QED) is 0.513. The van der Waals surface area contributed by atoms with Crippen molar-refractivity contribution in [1.29, 1.82) is 0 Å². The molecule has 1 rings (SSSR count). The lowest BCUT2D eigenvalue weighted by atomic mass is 10.0. The molecule has 1 N–H and O–H groups in total. The van der Waals surface area contributed by atoms with Crippen molar-refractivity contribution in [3.05, 3.63) is 23.8 Å². The number of carbonyl (C=O) groups excluding carboxylic acids is 2. The number of amides is 1. The summed E-state index contributed by atoms with van der Waals surface area (Å²) in [5, 5.41) is 2.79. The third-order valence-electron chi connectivity index (χ3n) is 4.09. The molecular formula is C19H29NO5. The van der Waals surface area contributed by atoms with Crippen LogP contribution in [-0.4, -0.2) is 37.8 Å². The van der Waals surface area contributed by atoms with Gasteiger partial charge in [-0.25, -0.2) is 4.79 Å². The highest BCUT2D eigenvalue weighted by Gasteiger charge is 2.31. The van der Waals surface area contributed by atoms with Crippen molar-refractivity contribution in [2.75, 3.05) is 25.6 Å². The third-order valence-corrected chi connectivity index (χ3v) is 4.09. The molecule has 0 spiro atoms. The molecule has 1 aromatic carbocycles. The van der Waals surface area contributed by atoms with Crippen LogP contribution in [0.1, 0.15) is 57.3 Å². The highest BCUT2D eigenvalue weighted by molar-refractivity contribution is 5.99. The highest BCUT2D eigenvalue weighted by Crippen LogP contribution is 2.26. The first-order chi connectivity index (χ1) is 11.9. The number of unbranched alkanes of at least 4 members (excludes halogenated alkanes) is 1. The normalized spacial score (nSPS) is 13.0. The van der Waals surface area contributed by atoms with E-state index in [9.17, 15) is 9.59 Å². The molecule has 0 fully saturated rings. The lowest BCUT2D eigenvalue weighted by molar-refractivity contribution is -0.136. The Morgan fingerprint density at radius 3 is 2.48 bits per heavy atom. The van der Waals surface area contributed by atoms with Crippen LogP contribution in [0.25, 0.3) is 0 Å². The molecular weight excluding hydrogens is 322 g/mol. The maximum Gasteiger partial charge on any atom is 0.341 e. The summed E-state index contributed by atoms with van der Waals surface area (Å²) in [7, 11) is 1.50. The van der Waals surface area contributed by atoms with Crippen LogP contribution in [0.2, 0.25) is 0 Å². The Kier molecular flexibility index (Phi) is 8.41. The van der Waals surface area contributed by atoms with Crippen LogP contribution in [0, 0.1) is 0 Å². The second-order valence-electron chi connectivity index (χ2n) is 5.88. The van der Waals surface area contributed by atoms with E-state index in [0.29, 0.717) is 30.0 Å². The minimum atomic E-state index is -0.930. The van der Waals surface area contributed by atoms with Crippen LogP contribution in [0.4, 0.5) is 5.69 Å². The van der Waals surface area contributed by atoms with Gasteiger partial charge < -0.3 is 19.5 Å². The van der Waals surface area contributed by atoms with Crippen LogP contribution in [0.15, 0.2) is 18.2 Å². The fraction of sp³-hybridized carbons (Fsp3) is 0.579. The molecule has 1 aromatic rings. The van der Waals surface area contributed by atoms with E-state index in [0.717, 1.165) is 12.8 Å². The smallest absolute Gasteiger partial charge is 0.341 e. The van der Waals surface area contributed by atoms with Gasteiger partial charge in [-0.05, 0) is 44.9 Å². The summed E-state index contributed by atoms with van der Waals surface area (Å²) < 4.78 is 16.1. The predicted octanol–water partition coefficient (Wildman–Crippen LogP) is 3.80. The molecule has 1 atom stereocenters. The topological polar surface area (TPSA) is 73.9 Å². The molecule has 25 heavy (non-hydrogen) atoms. The maximum absolute atomic E-state index is 12.4. The summed E-state index contributed by atoms with van der Waals surface area (Å²) in [5.41, 5.74) is -0.139. The van der Waals surface area contributed by atoms with Gasteiger partial charge in [0.15, 0.2) is 0 Å². The zero-order valence-corrected chi connectivity index (χ0v) is 15.8. The van der Waals surface area contributed by atoms with Crippen molar-refractivity contribution in [2.24, 2.45) is 0 Å². The first-order valence-electron chi connectivity index (χ1n) is 8.72. The van der Waals surface area contributed by atoms with Crippen LogP contribution in [0.5, 0.6) is 5.75 Å². The number of esters is 1. The minimum Gasteiger partial charge on any atom is -0.493 e. The van der Waals surface area contributed by atoms with Crippen LogP contribution >= 0.6 is 0 Å². The molecule has 0 saturated heterocycles. The molecule has 6 heteroatoms. The largest absolute Gasteiger partial charge is 0.493 e. The predicted molar refractivity (Wildman–Crippen MR) is 97.1 cm³/mol.